The molecule has 100 valence electrons. The Labute approximate surface area is 108 Å². The normalized spacial score (nSPS) is 16.6. The Kier molecular flexibility index (Phi) is 3.91. The van der Waals surface area contributed by atoms with Crippen molar-refractivity contribution in [2.24, 2.45) is 5.92 Å². The predicted molar refractivity (Wildman–Crippen MR) is 74.5 cm³/mol. The van der Waals surface area contributed by atoms with Gasteiger partial charge in [-0.3, -0.25) is 0 Å². The second kappa shape index (κ2) is 5.44. The second-order valence-electron chi connectivity index (χ2n) is 4.91. The number of nitrogen functional groups attached to an aromatic ring is 2. The summed E-state index contributed by atoms with van der Waals surface area (Å²) in [5.74, 6) is 2.05. The van der Waals surface area contributed by atoms with Crippen LogP contribution in [0.3, 0.4) is 0 Å². The highest BCUT2D eigenvalue weighted by molar-refractivity contribution is 5.62. The highest BCUT2D eigenvalue weighted by Gasteiger charge is 2.32. The lowest BCUT2D eigenvalue weighted by Crippen LogP contribution is -2.38. The van der Waals surface area contributed by atoms with Gasteiger partial charge in [-0.25, -0.2) is 4.98 Å². The third-order valence-electron chi connectivity index (χ3n) is 3.57. The molecule has 0 spiro atoms. The molecule has 1 aromatic heterocycles. The molecule has 1 aliphatic rings. The van der Waals surface area contributed by atoms with Gasteiger partial charge in [0.25, 0.3) is 0 Å². The lowest BCUT2D eigenvalue weighted by atomic mass is 10.2. The Morgan fingerprint density at radius 2 is 2.17 bits per heavy atom. The van der Waals surface area contributed by atoms with Gasteiger partial charge in [0.2, 0.25) is 0 Å². The SMILES string of the molecule is COCCN(c1ccc(N)c(N)n1)C(C)C1CC1. The molecule has 1 atom stereocenters. The number of nitrogens with two attached hydrogens (primary N) is 2. The Hall–Kier alpha value is -1.49. The molecule has 0 bridgehead atoms. The minimum atomic E-state index is 0.401. The van der Waals surface area contributed by atoms with Gasteiger partial charge in [0.05, 0.1) is 12.3 Å². The van der Waals surface area contributed by atoms with Gasteiger partial charge < -0.3 is 21.1 Å². The molecule has 0 radical (unpaired) electrons. The van der Waals surface area contributed by atoms with Crippen LogP contribution < -0.4 is 16.4 Å². The molecule has 0 aromatic carbocycles. The number of methoxy groups -OCH3 is 1. The molecule has 5 heteroatoms. The van der Waals surface area contributed by atoms with Crippen molar-refractivity contribution in [2.75, 3.05) is 36.6 Å². The fourth-order valence-electron chi connectivity index (χ4n) is 2.18. The molecule has 4 N–H and O–H groups in total. The highest BCUT2D eigenvalue weighted by atomic mass is 16.5. The van der Waals surface area contributed by atoms with Gasteiger partial charge in [-0.15, -0.1) is 0 Å². The average Bonchev–Trinajstić information content (AvgIpc) is 3.18. The van der Waals surface area contributed by atoms with Gasteiger partial charge in [0.1, 0.15) is 11.6 Å². The first-order valence-electron chi connectivity index (χ1n) is 6.41. The minimum absolute atomic E-state index is 0.401. The molecule has 1 aliphatic carbocycles. The van der Waals surface area contributed by atoms with Crippen LogP contribution >= 0.6 is 0 Å². The number of aromatic nitrogens is 1. The van der Waals surface area contributed by atoms with Crippen LogP contribution in [0.4, 0.5) is 17.3 Å². The van der Waals surface area contributed by atoms with E-state index in [0.717, 1.165) is 18.3 Å². The van der Waals surface area contributed by atoms with E-state index in [-0.39, 0.29) is 0 Å². The lowest BCUT2D eigenvalue weighted by molar-refractivity contribution is 0.202. The molecule has 0 aliphatic heterocycles. The maximum absolute atomic E-state index is 5.78. The monoisotopic (exact) mass is 250 g/mol. The van der Waals surface area contributed by atoms with Crippen LogP contribution in [-0.4, -0.2) is 31.3 Å². The summed E-state index contributed by atoms with van der Waals surface area (Å²) in [7, 11) is 1.71. The topological polar surface area (TPSA) is 77.4 Å². The van der Waals surface area contributed by atoms with E-state index in [2.05, 4.69) is 16.8 Å². The summed E-state index contributed by atoms with van der Waals surface area (Å²) in [6.45, 7) is 3.75. The van der Waals surface area contributed by atoms with Gasteiger partial charge in [-0.1, -0.05) is 0 Å². The Balaban J connectivity index is 2.17. The summed E-state index contributed by atoms with van der Waals surface area (Å²) in [5, 5.41) is 0. The fraction of sp³-hybridized carbons (Fsp3) is 0.615. The van der Waals surface area contributed by atoms with Crippen LogP contribution in [0.25, 0.3) is 0 Å². The second-order valence-corrected chi connectivity index (χ2v) is 4.91. The molecule has 1 saturated carbocycles. The van der Waals surface area contributed by atoms with Crippen molar-refractivity contribution in [2.45, 2.75) is 25.8 Å². The molecule has 1 aromatic rings. The molecular weight excluding hydrogens is 228 g/mol. The smallest absolute Gasteiger partial charge is 0.149 e. The van der Waals surface area contributed by atoms with Crippen LogP contribution in [0, 0.1) is 5.92 Å². The zero-order valence-corrected chi connectivity index (χ0v) is 11.1. The Bertz CT molecular complexity index is 406. The van der Waals surface area contributed by atoms with Crippen molar-refractivity contribution in [3.63, 3.8) is 0 Å². The van der Waals surface area contributed by atoms with E-state index in [1.54, 1.807) is 7.11 Å². The van der Waals surface area contributed by atoms with Crippen LogP contribution in [0.15, 0.2) is 12.1 Å². The first kappa shape index (κ1) is 13.0. The number of ether oxygens (including phenoxy) is 1. The van der Waals surface area contributed by atoms with Gasteiger partial charge in [0.15, 0.2) is 0 Å². The molecule has 5 nitrogen and oxygen atoms in total. The Morgan fingerprint density at radius 3 is 2.72 bits per heavy atom. The van der Waals surface area contributed by atoms with E-state index in [1.165, 1.54) is 12.8 Å². The molecular formula is C13H22N4O. The number of anilines is 3. The Morgan fingerprint density at radius 1 is 1.44 bits per heavy atom. The summed E-state index contributed by atoms with van der Waals surface area (Å²) in [6.07, 6.45) is 2.60. The number of nitrogens with zero attached hydrogens (tertiary/aromatic N) is 2. The van der Waals surface area contributed by atoms with Crippen LogP contribution in [-0.2, 0) is 4.74 Å². The van der Waals surface area contributed by atoms with Gasteiger partial charge in [0, 0.05) is 19.7 Å². The standard InChI is InChI=1S/C13H22N4O/c1-9(10-3-4-10)17(7-8-18-2)12-6-5-11(14)13(15)16-12/h5-6,9-10H,3-4,7-8,14H2,1-2H3,(H2,15,16). The molecule has 0 amide bonds. The van der Waals surface area contributed by atoms with E-state index >= 15 is 0 Å². The van der Waals surface area contributed by atoms with Crippen molar-refractivity contribution >= 4 is 17.3 Å². The summed E-state index contributed by atoms with van der Waals surface area (Å²) in [4.78, 5) is 6.64. The number of hydrogen-bond donors (Lipinski definition) is 2. The molecule has 18 heavy (non-hydrogen) atoms. The van der Waals surface area contributed by atoms with E-state index in [1.807, 2.05) is 12.1 Å². The van der Waals surface area contributed by atoms with Gasteiger partial charge in [-0.2, -0.15) is 0 Å². The number of hydrogen-bond acceptors (Lipinski definition) is 5. The third-order valence-corrected chi connectivity index (χ3v) is 3.57. The summed E-state index contributed by atoms with van der Waals surface area (Å²) >= 11 is 0. The molecule has 1 fully saturated rings. The van der Waals surface area contributed by atoms with E-state index in [0.29, 0.717) is 24.2 Å². The molecule has 0 saturated heterocycles. The van der Waals surface area contributed by atoms with Crippen molar-refractivity contribution in [1.29, 1.82) is 0 Å². The maximum Gasteiger partial charge on any atom is 0.149 e. The van der Waals surface area contributed by atoms with Crippen molar-refractivity contribution in [1.82, 2.24) is 4.98 Å². The highest BCUT2D eigenvalue weighted by Crippen LogP contribution is 2.36. The summed E-state index contributed by atoms with van der Waals surface area (Å²) in [6, 6.07) is 4.22. The molecule has 2 rings (SSSR count). The summed E-state index contributed by atoms with van der Waals surface area (Å²) in [5.41, 5.74) is 12.0. The van der Waals surface area contributed by atoms with Crippen molar-refractivity contribution < 1.29 is 4.74 Å². The van der Waals surface area contributed by atoms with E-state index in [9.17, 15) is 0 Å². The summed E-state index contributed by atoms with van der Waals surface area (Å²) < 4.78 is 5.17. The fourth-order valence-corrected chi connectivity index (χ4v) is 2.18. The maximum atomic E-state index is 5.78. The average molecular weight is 250 g/mol. The van der Waals surface area contributed by atoms with Crippen LogP contribution in [0.5, 0.6) is 0 Å². The van der Waals surface area contributed by atoms with Crippen LogP contribution in [0.1, 0.15) is 19.8 Å². The third kappa shape index (κ3) is 2.85. The first-order chi connectivity index (χ1) is 8.63. The number of pyridine rings is 1. The predicted octanol–water partition coefficient (Wildman–Crippen LogP) is 1.50. The minimum Gasteiger partial charge on any atom is -0.396 e. The number of rotatable bonds is 6. The largest absolute Gasteiger partial charge is 0.396 e. The zero-order valence-electron chi connectivity index (χ0n) is 11.1. The van der Waals surface area contributed by atoms with Crippen molar-refractivity contribution in [3.05, 3.63) is 12.1 Å². The molecule has 1 unspecified atom stereocenters. The van der Waals surface area contributed by atoms with Gasteiger partial charge in [-0.05, 0) is 37.8 Å². The van der Waals surface area contributed by atoms with E-state index in [4.69, 9.17) is 16.2 Å². The quantitative estimate of drug-likeness (QED) is 0.800. The van der Waals surface area contributed by atoms with E-state index < -0.39 is 0 Å². The zero-order chi connectivity index (χ0) is 13.1. The first-order valence-corrected chi connectivity index (χ1v) is 6.41. The van der Waals surface area contributed by atoms with Gasteiger partial charge >= 0.3 is 0 Å². The van der Waals surface area contributed by atoms with Crippen LogP contribution in [0.2, 0.25) is 0 Å². The lowest BCUT2D eigenvalue weighted by Gasteiger charge is -2.30. The van der Waals surface area contributed by atoms with Crippen molar-refractivity contribution in [3.8, 4) is 0 Å². The molecule has 1 heterocycles.